The van der Waals surface area contributed by atoms with E-state index >= 15 is 0 Å². The largest absolute Gasteiger partial charge is 0.364 e. The first kappa shape index (κ1) is 20.8. The maximum absolute atomic E-state index is 12.8. The number of benzene rings is 1. The molecule has 1 saturated heterocycles. The van der Waals surface area contributed by atoms with E-state index in [2.05, 4.69) is 28.4 Å². The lowest BCUT2D eigenvalue weighted by Crippen LogP contribution is -2.38. The minimum atomic E-state index is -0.0494. The predicted molar refractivity (Wildman–Crippen MR) is 120 cm³/mol. The van der Waals surface area contributed by atoms with Crippen LogP contribution in [0.2, 0.25) is 0 Å². The monoisotopic (exact) mass is 420 g/mol. The van der Waals surface area contributed by atoms with Crippen LogP contribution in [-0.2, 0) is 11.8 Å². The maximum atomic E-state index is 12.8. The van der Waals surface area contributed by atoms with Crippen molar-refractivity contribution in [2.75, 3.05) is 25.5 Å². The summed E-state index contributed by atoms with van der Waals surface area (Å²) in [6.07, 6.45) is 4.29. The molecule has 3 aromatic rings. The molecule has 2 aromatic heterocycles. The third kappa shape index (κ3) is 4.10. The molecule has 0 aliphatic carbocycles. The quantitative estimate of drug-likeness (QED) is 0.686. The number of carbonyl (C=O) groups is 2. The zero-order chi connectivity index (χ0) is 22.1. The second-order valence-corrected chi connectivity index (χ2v) is 8.17. The molecule has 1 fully saturated rings. The number of pyridine rings is 1. The molecule has 162 valence electrons. The number of hydrogen-bond donors (Lipinski definition) is 1. The van der Waals surface area contributed by atoms with Crippen molar-refractivity contribution in [1.29, 1.82) is 0 Å². The van der Waals surface area contributed by atoms with Crippen LogP contribution in [-0.4, -0.2) is 62.6 Å². The van der Waals surface area contributed by atoms with Crippen molar-refractivity contribution >= 4 is 28.5 Å². The molecule has 8 heteroatoms. The smallest absolute Gasteiger partial charge is 0.255 e. The Morgan fingerprint density at radius 3 is 2.74 bits per heavy atom. The fraction of sp³-hybridized carbons (Fsp3) is 0.391. The second-order valence-electron chi connectivity index (χ2n) is 8.17. The van der Waals surface area contributed by atoms with Gasteiger partial charge in [0.05, 0.1) is 29.4 Å². The molecule has 1 aliphatic heterocycles. The minimum absolute atomic E-state index is 0.0208. The summed E-state index contributed by atoms with van der Waals surface area (Å²) in [6.45, 7) is 4.84. The number of amides is 2. The third-order valence-electron chi connectivity index (χ3n) is 6.16. The summed E-state index contributed by atoms with van der Waals surface area (Å²) in [7, 11) is 3.72. The van der Waals surface area contributed by atoms with Crippen LogP contribution in [0.3, 0.4) is 0 Å². The number of anilines is 1. The lowest BCUT2D eigenvalue weighted by atomic mass is 10.0. The summed E-state index contributed by atoms with van der Waals surface area (Å²) in [5, 5.41) is 8.87. The first-order valence-corrected chi connectivity index (χ1v) is 10.5. The van der Waals surface area contributed by atoms with E-state index in [9.17, 15) is 9.59 Å². The number of fused-ring (bicyclic) bond motifs is 1. The van der Waals surface area contributed by atoms with Gasteiger partial charge in [-0.15, -0.1) is 0 Å². The lowest BCUT2D eigenvalue weighted by molar-refractivity contribution is -0.129. The summed E-state index contributed by atoms with van der Waals surface area (Å²) in [4.78, 5) is 32.4. The summed E-state index contributed by atoms with van der Waals surface area (Å²) in [5.41, 5.74) is 2.78. The van der Waals surface area contributed by atoms with Crippen molar-refractivity contribution in [2.45, 2.75) is 32.4 Å². The molecule has 1 N–H and O–H groups in total. The standard InChI is InChI=1S/C23H28N6O2/c1-15(19-6-5-7-21-20(19)13-25-28(21)4)26-22-9-8-17(12-24-22)23(31)29-11-10-18(14-29)27(3)16(2)30/h5-9,12-13,15,18H,10-11,14H2,1-4H3,(H,24,26)/t15-,18-/m0/s1. The van der Waals surface area contributed by atoms with Gasteiger partial charge in [-0.05, 0) is 37.1 Å². The highest BCUT2D eigenvalue weighted by molar-refractivity contribution is 5.94. The van der Waals surface area contributed by atoms with Crippen LogP contribution in [0.15, 0.2) is 42.7 Å². The van der Waals surface area contributed by atoms with Crippen LogP contribution < -0.4 is 5.32 Å². The summed E-state index contributed by atoms with van der Waals surface area (Å²) >= 11 is 0. The number of aromatic nitrogens is 3. The predicted octanol–water partition coefficient (Wildman–Crippen LogP) is 2.83. The van der Waals surface area contributed by atoms with Gasteiger partial charge in [-0.2, -0.15) is 5.10 Å². The molecule has 8 nitrogen and oxygen atoms in total. The molecule has 3 heterocycles. The Labute approximate surface area is 181 Å². The van der Waals surface area contributed by atoms with Gasteiger partial charge < -0.3 is 15.1 Å². The van der Waals surface area contributed by atoms with Gasteiger partial charge in [0.2, 0.25) is 5.91 Å². The first-order valence-electron chi connectivity index (χ1n) is 10.5. The fourth-order valence-corrected chi connectivity index (χ4v) is 4.16. The van der Waals surface area contributed by atoms with Crippen molar-refractivity contribution in [3.8, 4) is 0 Å². The van der Waals surface area contributed by atoms with Crippen LogP contribution >= 0.6 is 0 Å². The number of likely N-dealkylation sites (N-methyl/N-ethyl adjacent to an activating group) is 1. The van der Waals surface area contributed by atoms with Crippen molar-refractivity contribution < 1.29 is 9.59 Å². The molecule has 0 bridgehead atoms. The molecule has 0 saturated carbocycles. The topological polar surface area (TPSA) is 83.4 Å². The van der Waals surface area contributed by atoms with Crippen LogP contribution in [0.1, 0.15) is 42.2 Å². The van der Waals surface area contributed by atoms with Gasteiger partial charge in [-0.25, -0.2) is 4.98 Å². The molecule has 2 amide bonds. The normalized spacial score (nSPS) is 17.0. The van der Waals surface area contributed by atoms with Gasteiger partial charge in [-0.3, -0.25) is 14.3 Å². The lowest BCUT2D eigenvalue weighted by Gasteiger charge is -2.23. The van der Waals surface area contributed by atoms with E-state index in [1.165, 1.54) is 0 Å². The van der Waals surface area contributed by atoms with E-state index in [-0.39, 0.29) is 23.9 Å². The highest BCUT2D eigenvalue weighted by atomic mass is 16.2. The minimum Gasteiger partial charge on any atom is -0.364 e. The number of likely N-dealkylation sites (tertiary alicyclic amines) is 1. The number of carbonyl (C=O) groups excluding carboxylic acids is 2. The zero-order valence-corrected chi connectivity index (χ0v) is 18.4. The molecule has 31 heavy (non-hydrogen) atoms. The SMILES string of the molecule is CC(=O)N(C)[C@H]1CCN(C(=O)c2ccc(N[C@@H](C)c3cccc4c3cnn4C)nc2)C1. The Kier molecular flexibility index (Phi) is 5.63. The maximum Gasteiger partial charge on any atom is 0.255 e. The van der Waals surface area contributed by atoms with Crippen LogP contribution in [0.5, 0.6) is 0 Å². The van der Waals surface area contributed by atoms with Crippen molar-refractivity contribution in [1.82, 2.24) is 24.6 Å². The first-order chi connectivity index (χ1) is 14.8. The van der Waals surface area contributed by atoms with E-state index in [0.717, 1.165) is 22.9 Å². The summed E-state index contributed by atoms with van der Waals surface area (Å²) in [5.74, 6) is 0.680. The molecular weight excluding hydrogens is 392 g/mol. The average molecular weight is 421 g/mol. The molecule has 4 rings (SSSR count). The third-order valence-corrected chi connectivity index (χ3v) is 6.16. The van der Waals surface area contributed by atoms with E-state index in [4.69, 9.17) is 0 Å². The summed E-state index contributed by atoms with van der Waals surface area (Å²) < 4.78 is 1.86. The van der Waals surface area contributed by atoms with E-state index in [1.54, 1.807) is 36.0 Å². The van der Waals surface area contributed by atoms with Crippen LogP contribution in [0.25, 0.3) is 10.9 Å². The van der Waals surface area contributed by atoms with Gasteiger partial charge in [0, 0.05) is 45.7 Å². The van der Waals surface area contributed by atoms with Gasteiger partial charge >= 0.3 is 0 Å². The van der Waals surface area contributed by atoms with E-state index in [0.29, 0.717) is 24.5 Å². The van der Waals surface area contributed by atoms with Gasteiger partial charge in [-0.1, -0.05) is 12.1 Å². The van der Waals surface area contributed by atoms with Crippen LogP contribution in [0, 0.1) is 0 Å². The number of rotatable bonds is 5. The molecular formula is C23H28N6O2. The Hall–Kier alpha value is -3.42. The molecule has 0 unspecified atom stereocenters. The molecule has 1 aliphatic rings. The highest BCUT2D eigenvalue weighted by Crippen LogP contribution is 2.26. The Morgan fingerprint density at radius 2 is 2.03 bits per heavy atom. The summed E-state index contributed by atoms with van der Waals surface area (Å²) in [6, 6.07) is 9.91. The van der Waals surface area contributed by atoms with E-state index < -0.39 is 0 Å². The number of nitrogens with zero attached hydrogens (tertiary/aromatic N) is 5. The van der Waals surface area contributed by atoms with Crippen molar-refractivity contribution in [3.63, 3.8) is 0 Å². The van der Waals surface area contributed by atoms with E-state index in [1.807, 2.05) is 36.1 Å². The molecule has 0 spiro atoms. The van der Waals surface area contributed by atoms with Crippen molar-refractivity contribution in [2.24, 2.45) is 7.05 Å². The van der Waals surface area contributed by atoms with Gasteiger partial charge in [0.25, 0.3) is 5.91 Å². The van der Waals surface area contributed by atoms with Gasteiger partial charge in [0.1, 0.15) is 5.82 Å². The molecule has 1 aromatic carbocycles. The number of aryl methyl sites for hydroxylation is 1. The van der Waals surface area contributed by atoms with Crippen molar-refractivity contribution in [3.05, 3.63) is 53.9 Å². The zero-order valence-electron chi connectivity index (χ0n) is 18.4. The number of hydrogen-bond acceptors (Lipinski definition) is 5. The average Bonchev–Trinajstić information content (AvgIpc) is 3.40. The second kappa shape index (κ2) is 8.37. The Balaban J connectivity index is 1.42. The van der Waals surface area contributed by atoms with Gasteiger partial charge in [0.15, 0.2) is 0 Å². The Bertz CT molecular complexity index is 1110. The highest BCUT2D eigenvalue weighted by Gasteiger charge is 2.30. The van der Waals surface area contributed by atoms with Crippen LogP contribution in [0.4, 0.5) is 5.82 Å². The Morgan fingerprint density at radius 1 is 1.23 bits per heavy atom. The molecule has 0 radical (unpaired) electrons. The molecule has 2 atom stereocenters. The number of nitrogens with one attached hydrogen (secondary N) is 1. The fourth-order valence-electron chi connectivity index (χ4n) is 4.16.